The number of hydrogen-bond donors (Lipinski definition) is 0. The molecule has 3 heterocycles. The third-order valence-electron chi connectivity index (χ3n) is 7.87. The van der Waals surface area contributed by atoms with Gasteiger partial charge in [-0.25, -0.2) is 9.97 Å². The highest BCUT2D eigenvalue weighted by Gasteiger charge is 2.29. The zero-order valence-electron chi connectivity index (χ0n) is 24.8. The van der Waals surface area contributed by atoms with Crippen molar-refractivity contribution in [3.05, 3.63) is 146 Å². The third kappa shape index (κ3) is 5.33. The number of nitrogens with zero attached hydrogens (tertiary/aromatic N) is 8. The molecule has 0 amide bonds. The lowest BCUT2D eigenvalue weighted by atomic mass is 10.1. The SMILES string of the molecule is c1ccc(-c2nc(-c3ccccc3)nc(N3CCN(c4nc(-c5ccccc5)nc(-c5ccccc5)n4)c4ccccc43)n2)cc1. The molecule has 0 radical (unpaired) electrons. The van der Waals surface area contributed by atoms with E-state index >= 15 is 0 Å². The molecule has 0 bridgehead atoms. The fourth-order valence-corrected chi connectivity index (χ4v) is 5.61. The van der Waals surface area contributed by atoms with Crippen LogP contribution >= 0.6 is 0 Å². The van der Waals surface area contributed by atoms with E-state index in [4.69, 9.17) is 29.9 Å². The first kappa shape index (κ1) is 27.3. The van der Waals surface area contributed by atoms with Crippen LogP contribution < -0.4 is 9.80 Å². The molecule has 7 aromatic rings. The Bertz CT molecular complexity index is 1840. The lowest BCUT2D eigenvalue weighted by molar-refractivity contribution is 0.799. The molecule has 0 atom stereocenters. The van der Waals surface area contributed by atoms with Gasteiger partial charge in [0, 0.05) is 35.3 Å². The van der Waals surface area contributed by atoms with Gasteiger partial charge >= 0.3 is 0 Å². The molecule has 1 aliphatic heterocycles. The van der Waals surface area contributed by atoms with E-state index in [2.05, 4.69) is 21.9 Å². The van der Waals surface area contributed by atoms with Gasteiger partial charge in [-0.2, -0.15) is 19.9 Å². The van der Waals surface area contributed by atoms with Crippen LogP contribution in [0.4, 0.5) is 23.3 Å². The molecule has 1 aliphatic rings. The quantitative estimate of drug-likeness (QED) is 0.191. The second kappa shape index (κ2) is 12.0. The number of para-hydroxylation sites is 2. The van der Waals surface area contributed by atoms with Crippen molar-refractivity contribution >= 4 is 23.3 Å². The van der Waals surface area contributed by atoms with Gasteiger partial charge in [0.25, 0.3) is 0 Å². The first-order valence-electron chi connectivity index (χ1n) is 15.2. The first-order chi connectivity index (χ1) is 22.8. The number of rotatable bonds is 6. The number of fused-ring (bicyclic) bond motifs is 1. The predicted molar refractivity (Wildman–Crippen MR) is 182 cm³/mol. The van der Waals surface area contributed by atoms with E-state index in [-0.39, 0.29) is 0 Å². The fourth-order valence-electron chi connectivity index (χ4n) is 5.61. The monoisotopic (exact) mass is 596 g/mol. The van der Waals surface area contributed by atoms with Gasteiger partial charge in [0.05, 0.1) is 11.4 Å². The molecule has 0 aliphatic carbocycles. The summed E-state index contributed by atoms with van der Waals surface area (Å²) in [5, 5.41) is 0. The van der Waals surface area contributed by atoms with Crippen LogP contribution in [0.1, 0.15) is 0 Å². The molecule has 8 heteroatoms. The topological polar surface area (TPSA) is 83.8 Å². The van der Waals surface area contributed by atoms with Crippen molar-refractivity contribution < 1.29 is 0 Å². The van der Waals surface area contributed by atoms with E-state index in [0.717, 1.165) is 33.6 Å². The molecule has 0 spiro atoms. The van der Waals surface area contributed by atoms with Gasteiger partial charge in [-0.15, -0.1) is 0 Å². The molecule has 0 unspecified atom stereocenters. The molecular weight excluding hydrogens is 568 g/mol. The normalized spacial score (nSPS) is 12.5. The molecular formula is C38H28N8. The van der Waals surface area contributed by atoms with Gasteiger partial charge in [-0.3, -0.25) is 0 Å². The summed E-state index contributed by atoms with van der Waals surface area (Å²) >= 11 is 0. The zero-order chi connectivity index (χ0) is 30.7. The van der Waals surface area contributed by atoms with Gasteiger partial charge < -0.3 is 9.80 Å². The standard InChI is InChI=1S/C38H28N8/c1-5-15-27(16-6-1)33-39-34(28-17-7-2-8-18-28)42-37(41-33)45-25-26-46(32-24-14-13-23-31(32)45)38-43-35(29-19-9-3-10-20-29)40-36(44-38)30-21-11-4-12-22-30/h1-24H,25-26H2. The maximum absolute atomic E-state index is 5.00. The highest BCUT2D eigenvalue weighted by atomic mass is 15.4. The average Bonchev–Trinajstić information content (AvgIpc) is 3.15. The van der Waals surface area contributed by atoms with Crippen LogP contribution in [0.5, 0.6) is 0 Å². The minimum Gasteiger partial charge on any atom is -0.307 e. The molecule has 0 saturated heterocycles. The first-order valence-corrected chi connectivity index (χ1v) is 15.2. The number of anilines is 4. The van der Waals surface area contributed by atoms with Crippen LogP contribution in [0.2, 0.25) is 0 Å². The lowest BCUT2D eigenvalue weighted by Gasteiger charge is -2.36. The molecule has 0 saturated carbocycles. The second-order valence-electron chi connectivity index (χ2n) is 10.8. The number of hydrogen-bond acceptors (Lipinski definition) is 8. The van der Waals surface area contributed by atoms with E-state index in [9.17, 15) is 0 Å². The summed E-state index contributed by atoms with van der Waals surface area (Å²) in [6.07, 6.45) is 0. The van der Waals surface area contributed by atoms with Crippen molar-refractivity contribution in [1.82, 2.24) is 29.9 Å². The summed E-state index contributed by atoms with van der Waals surface area (Å²) in [6.45, 7) is 1.22. The van der Waals surface area contributed by atoms with Gasteiger partial charge in [0.15, 0.2) is 23.3 Å². The van der Waals surface area contributed by atoms with Crippen molar-refractivity contribution in [3.63, 3.8) is 0 Å². The van der Waals surface area contributed by atoms with E-state index in [0.29, 0.717) is 48.3 Å². The lowest BCUT2D eigenvalue weighted by Crippen LogP contribution is -2.38. The number of aromatic nitrogens is 6. The Kier molecular flexibility index (Phi) is 7.12. The van der Waals surface area contributed by atoms with E-state index in [1.165, 1.54) is 0 Å². The largest absolute Gasteiger partial charge is 0.307 e. The Hall–Kier alpha value is -6.28. The molecule has 220 valence electrons. The van der Waals surface area contributed by atoms with Crippen molar-refractivity contribution in [2.45, 2.75) is 0 Å². The fraction of sp³-hybridized carbons (Fsp3) is 0.0526. The van der Waals surface area contributed by atoms with E-state index in [1.54, 1.807) is 0 Å². The van der Waals surface area contributed by atoms with Crippen molar-refractivity contribution in [2.75, 3.05) is 22.9 Å². The highest BCUT2D eigenvalue weighted by molar-refractivity contribution is 5.82. The van der Waals surface area contributed by atoms with Crippen LogP contribution in [-0.2, 0) is 0 Å². The summed E-state index contributed by atoms with van der Waals surface area (Å²) < 4.78 is 0. The smallest absolute Gasteiger partial charge is 0.234 e. The van der Waals surface area contributed by atoms with Crippen molar-refractivity contribution in [1.29, 1.82) is 0 Å². The maximum atomic E-state index is 5.00. The van der Waals surface area contributed by atoms with Crippen LogP contribution in [0, 0.1) is 0 Å². The van der Waals surface area contributed by atoms with Gasteiger partial charge in [0.1, 0.15) is 0 Å². The molecule has 0 fully saturated rings. The van der Waals surface area contributed by atoms with Crippen molar-refractivity contribution in [3.8, 4) is 45.6 Å². The second-order valence-corrected chi connectivity index (χ2v) is 10.8. The Morgan fingerprint density at radius 1 is 0.304 bits per heavy atom. The zero-order valence-corrected chi connectivity index (χ0v) is 24.8. The highest BCUT2D eigenvalue weighted by Crippen LogP contribution is 2.40. The van der Waals surface area contributed by atoms with Gasteiger partial charge in [0.2, 0.25) is 11.9 Å². The minimum atomic E-state index is 0.588. The Balaban J connectivity index is 1.24. The van der Waals surface area contributed by atoms with E-state index < -0.39 is 0 Å². The average molecular weight is 597 g/mol. The summed E-state index contributed by atoms with van der Waals surface area (Å²) in [4.78, 5) is 34.1. The predicted octanol–water partition coefficient (Wildman–Crippen LogP) is 8.01. The summed E-state index contributed by atoms with van der Waals surface area (Å²) in [5.74, 6) is 3.68. The van der Waals surface area contributed by atoms with Crippen LogP contribution in [0.3, 0.4) is 0 Å². The molecule has 2 aromatic heterocycles. The number of benzene rings is 5. The van der Waals surface area contributed by atoms with Crippen LogP contribution in [-0.4, -0.2) is 43.0 Å². The third-order valence-corrected chi connectivity index (χ3v) is 7.87. The summed E-state index contributed by atoms with van der Waals surface area (Å²) in [7, 11) is 0. The molecule has 0 N–H and O–H groups in total. The van der Waals surface area contributed by atoms with E-state index in [1.807, 2.05) is 133 Å². The van der Waals surface area contributed by atoms with Gasteiger partial charge in [-0.1, -0.05) is 133 Å². The summed E-state index contributed by atoms with van der Waals surface area (Å²) in [5.41, 5.74) is 5.65. The Labute approximate surface area is 266 Å². The Morgan fingerprint density at radius 3 is 0.848 bits per heavy atom. The minimum absolute atomic E-state index is 0.588. The van der Waals surface area contributed by atoms with Crippen molar-refractivity contribution in [2.24, 2.45) is 0 Å². The molecule has 46 heavy (non-hydrogen) atoms. The molecule has 5 aromatic carbocycles. The summed E-state index contributed by atoms with van der Waals surface area (Å²) in [6, 6.07) is 48.4. The molecule has 8 nitrogen and oxygen atoms in total. The van der Waals surface area contributed by atoms with Gasteiger partial charge in [-0.05, 0) is 12.1 Å². The Morgan fingerprint density at radius 2 is 0.565 bits per heavy atom. The maximum Gasteiger partial charge on any atom is 0.234 e. The molecule has 8 rings (SSSR count). The van der Waals surface area contributed by atoms with Crippen LogP contribution in [0.25, 0.3) is 45.6 Å². The van der Waals surface area contributed by atoms with Crippen LogP contribution in [0.15, 0.2) is 146 Å².